The quantitative estimate of drug-likeness (QED) is 0.678. The number of thiazole rings is 1. The summed E-state index contributed by atoms with van der Waals surface area (Å²) in [5.74, 6) is 1.39. The van der Waals surface area contributed by atoms with Crippen LogP contribution in [-0.2, 0) is 4.79 Å². The molecule has 2 aromatic heterocycles. The summed E-state index contributed by atoms with van der Waals surface area (Å²) in [6.45, 7) is 7.85. The Morgan fingerprint density at radius 3 is 2.72 bits per heavy atom. The van der Waals surface area contributed by atoms with E-state index in [4.69, 9.17) is 9.15 Å². The van der Waals surface area contributed by atoms with E-state index in [0.29, 0.717) is 5.13 Å². The fraction of sp³-hybridized carbons (Fsp3) is 0.263. The molecule has 0 spiro atoms. The van der Waals surface area contributed by atoms with Gasteiger partial charge in [-0.2, -0.15) is 0 Å². The summed E-state index contributed by atoms with van der Waals surface area (Å²) in [4.78, 5) is 16.3. The molecule has 0 unspecified atom stereocenters. The van der Waals surface area contributed by atoms with Gasteiger partial charge in [0, 0.05) is 34.2 Å². The van der Waals surface area contributed by atoms with E-state index in [-0.39, 0.29) is 5.91 Å². The molecular formula is C19H20N2O3S. The van der Waals surface area contributed by atoms with Gasteiger partial charge in [0.05, 0.1) is 7.11 Å². The molecule has 2 heterocycles. The number of anilines is 1. The zero-order valence-corrected chi connectivity index (χ0v) is 15.7. The molecule has 3 rings (SSSR count). The lowest BCUT2D eigenvalue weighted by atomic mass is 9.98. The first-order valence-corrected chi connectivity index (χ1v) is 8.76. The largest absolute Gasteiger partial charge is 0.496 e. The number of rotatable bonds is 4. The van der Waals surface area contributed by atoms with E-state index in [9.17, 15) is 4.79 Å². The molecule has 25 heavy (non-hydrogen) atoms. The van der Waals surface area contributed by atoms with Gasteiger partial charge in [-0.05, 0) is 44.9 Å². The second-order valence-electron chi connectivity index (χ2n) is 5.90. The molecule has 1 amide bonds. The molecule has 0 atom stereocenters. The molecule has 0 fully saturated rings. The van der Waals surface area contributed by atoms with Crippen molar-refractivity contribution in [1.82, 2.24) is 4.98 Å². The van der Waals surface area contributed by atoms with Crippen molar-refractivity contribution < 1.29 is 13.9 Å². The standard InChI is InChI=1S/C19H20N2O3S/c1-10(8-16(22)21-19-20-6-7-25-19)14-9-15-11(2)13(4)24-18(15)12(3)17(14)23-5/h6-9H,1-5H3,(H,20,21,22)/b10-8+. The van der Waals surface area contributed by atoms with Gasteiger partial charge in [0.2, 0.25) is 5.91 Å². The molecule has 0 bridgehead atoms. The molecule has 5 nitrogen and oxygen atoms in total. The number of aromatic nitrogens is 1. The number of hydrogen-bond acceptors (Lipinski definition) is 5. The van der Waals surface area contributed by atoms with Crippen LogP contribution in [0.1, 0.15) is 29.4 Å². The van der Waals surface area contributed by atoms with Crippen molar-refractivity contribution in [3.63, 3.8) is 0 Å². The maximum atomic E-state index is 12.2. The molecule has 0 aliphatic heterocycles. The highest BCUT2D eigenvalue weighted by Gasteiger charge is 2.18. The van der Waals surface area contributed by atoms with Crippen LogP contribution in [0.25, 0.3) is 16.5 Å². The zero-order chi connectivity index (χ0) is 18.1. The monoisotopic (exact) mass is 356 g/mol. The van der Waals surface area contributed by atoms with Gasteiger partial charge in [-0.15, -0.1) is 11.3 Å². The van der Waals surface area contributed by atoms with Crippen molar-refractivity contribution >= 4 is 38.9 Å². The number of carbonyl (C=O) groups excluding carboxylic acids is 1. The van der Waals surface area contributed by atoms with Crippen molar-refractivity contribution in [2.75, 3.05) is 12.4 Å². The highest BCUT2D eigenvalue weighted by molar-refractivity contribution is 7.13. The number of ether oxygens (including phenoxy) is 1. The summed E-state index contributed by atoms with van der Waals surface area (Å²) in [5, 5.41) is 6.19. The highest BCUT2D eigenvalue weighted by Crippen LogP contribution is 2.38. The third-order valence-electron chi connectivity index (χ3n) is 4.29. The maximum absolute atomic E-state index is 12.2. The topological polar surface area (TPSA) is 64.4 Å². The van der Waals surface area contributed by atoms with E-state index in [1.54, 1.807) is 19.4 Å². The molecule has 0 radical (unpaired) electrons. The molecule has 6 heteroatoms. The van der Waals surface area contributed by atoms with Crippen LogP contribution < -0.4 is 10.1 Å². The van der Waals surface area contributed by atoms with Gasteiger partial charge in [0.25, 0.3) is 0 Å². The number of benzene rings is 1. The van der Waals surface area contributed by atoms with E-state index in [1.165, 1.54) is 11.3 Å². The maximum Gasteiger partial charge on any atom is 0.250 e. The summed E-state index contributed by atoms with van der Waals surface area (Å²) in [7, 11) is 1.63. The summed E-state index contributed by atoms with van der Waals surface area (Å²) in [6, 6.07) is 2.02. The molecule has 3 aromatic rings. The van der Waals surface area contributed by atoms with Gasteiger partial charge in [-0.25, -0.2) is 4.98 Å². The van der Waals surface area contributed by atoms with E-state index in [0.717, 1.165) is 44.7 Å². The van der Waals surface area contributed by atoms with Crippen LogP contribution in [0, 0.1) is 20.8 Å². The molecule has 0 saturated heterocycles. The smallest absolute Gasteiger partial charge is 0.250 e. The highest BCUT2D eigenvalue weighted by atomic mass is 32.1. The Labute approximate surface area is 150 Å². The van der Waals surface area contributed by atoms with Crippen LogP contribution in [0.4, 0.5) is 5.13 Å². The minimum Gasteiger partial charge on any atom is -0.496 e. The Bertz CT molecular complexity index is 969. The van der Waals surface area contributed by atoms with E-state index < -0.39 is 0 Å². The predicted molar refractivity (Wildman–Crippen MR) is 101 cm³/mol. The third-order valence-corrected chi connectivity index (χ3v) is 4.97. The van der Waals surface area contributed by atoms with Gasteiger partial charge in [0.1, 0.15) is 17.1 Å². The minimum atomic E-state index is -0.215. The van der Waals surface area contributed by atoms with Crippen LogP contribution in [0.15, 0.2) is 28.1 Å². The second kappa shape index (κ2) is 6.72. The summed E-state index contributed by atoms with van der Waals surface area (Å²) in [6.07, 6.45) is 3.22. The summed E-state index contributed by atoms with van der Waals surface area (Å²) < 4.78 is 11.5. The average molecular weight is 356 g/mol. The lowest BCUT2D eigenvalue weighted by Gasteiger charge is -2.13. The predicted octanol–water partition coefficient (Wildman–Crippen LogP) is 4.87. The van der Waals surface area contributed by atoms with Gasteiger partial charge in [0.15, 0.2) is 5.13 Å². The lowest BCUT2D eigenvalue weighted by molar-refractivity contribution is -0.111. The van der Waals surface area contributed by atoms with Gasteiger partial charge in [-0.3, -0.25) is 10.1 Å². The minimum absolute atomic E-state index is 0.215. The third kappa shape index (κ3) is 3.17. The number of aryl methyl sites for hydroxylation is 3. The number of furan rings is 1. The first-order valence-electron chi connectivity index (χ1n) is 7.88. The lowest BCUT2D eigenvalue weighted by Crippen LogP contribution is -2.08. The molecule has 0 aliphatic rings. The normalized spacial score (nSPS) is 11.8. The van der Waals surface area contributed by atoms with Crippen molar-refractivity contribution in [3.8, 4) is 5.75 Å². The van der Waals surface area contributed by atoms with Crippen molar-refractivity contribution in [1.29, 1.82) is 0 Å². The zero-order valence-electron chi connectivity index (χ0n) is 14.9. The molecule has 1 aromatic carbocycles. The molecule has 0 aliphatic carbocycles. The Kier molecular flexibility index (Phi) is 4.63. The number of carbonyl (C=O) groups is 1. The number of amides is 1. The fourth-order valence-corrected chi connectivity index (χ4v) is 3.40. The number of nitrogens with zero attached hydrogens (tertiary/aromatic N) is 1. The summed E-state index contributed by atoms with van der Waals surface area (Å²) in [5.41, 5.74) is 4.55. The number of fused-ring (bicyclic) bond motifs is 1. The Hall–Kier alpha value is -2.60. The van der Waals surface area contributed by atoms with E-state index >= 15 is 0 Å². The van der Waals surface area contributed by atoms with Crippen LogP contribution >= 0.6 is 11.3 Å². The Balaban J connectivity index is 2.05. The number of hydrogen-bond donors (Lipinski definition) is 1. The van der Waals surface area contributed by atoms with Crippen molar-refractivity contribution in [2.45, 2.75) is 27.7 Å². The molecular weight excluding hydrogens is 336 g/mol. The molecule has 130 valence electrons. The summed E-state index contributed by atoms with van der Waals surface area (Å²) >= 11 is 1.38. The van der Waals surface area contributed by atoms with Gasteiger partial charge in [-0.1, -0.05) is 0 Å². The fourth-order valence-electron chi connectivity index (χ4n) is 2.87. The SMILES string of the molecule is COc1c(/C(C)=C/C(=O)Nc2nccs2)cc2c(C)c(C)oc2c1C. The first kappa shape index (κ1) is 17.2. The number of nitrogens with one attached hydrogen (secondary N) is 1. The van der Waals surface area contributed by atoms with Crippen molar-refractivity contribution in [2.24, 2.45) is 0 Å². The van der Waals surface area contributed by atoms with E-state index in [2.05, 4.69) is 10.3 Å². The average Bonchev–Trinajstić information content (AvgIpc) is 3.17. The van der Waals surface area contributed by atoms with Gasteiger partial charge >= 0.3 is 0 Å². The number of methoxy groups -OCH3 is 1. The molecule has 0 saturated carbocycles. The number of allylic oxidation sites excluding steroid dienone is 1. The van der Waals surface area contributed by atoms with E-state index in [1.807, 2.05) is 39.1 Å². The Morgan fingerprint density at radius 1 is 1.32 bits per heavy atom. The van der Waals surface area contributed by atoms with Gasteiger partial charge < -0.3 is 9.15 Å². The first-order chi connectivity index (χ1) is 11.9. The van der Waals surface area contributed by atoms with Crippen LogP contribution in [0.3, 0.4) is 0 Å². The second-order valence-corrected chi connectivity index (χ2v) is 6.79. The molecule has 1 N–H and O–H groups in total. The van der Waals surface area contributed by atoms with Crippen molar-refractivity contribution in [3.05, 3.63) is 46.2 Å². The van der Waals surface area contributed by atoms with Crippen LogP contribution in [-0.4, -0.2) is 18.0 Å². The Morgan fingerprint density at radius 2 is 2.08 bits per heavy atom. The van der Waals surface area contributed by atoms with Crippen LogP contribution in [0.5, 0.6) is 5.75 Å². The van der Waals surface area contributed by atoms with Crippen LogP contribution in [0.2, 0.25) is 0 Å².